The van der Waals surface area contributed by atoms with Crippen LogP contribution in [0, 0.1) is 0 Å². The summed E-state index contributed by atoms with van der Waals surface area (Å²) in [5, 5.41) is 5.67. The number of amides is 1. The molecule has 0 aliphatic carbocycles. The molecule has 0 unspecified atom stereocenters. The molecule has 1 rings (SSSR count). The third kappa shape index (κ3) is 5.26. The van der Waals surface area contributed by atoms with Crippen LogP contribution < -0.4 is 10.6 Å². The summed E-state index contributed by atoms with van der Waals surface area (Å²) >= 11 is 0. The average molecular weight is 279 g/mol. The second kappa shape index (κ2) is 6.88. The fourth-order valence-electron chi connectivity index (χ4n) is 1.55. The van der Waals surface area contributed by atoms with E-state index in [-0.39, 0.29) is 24.6 Å². The van der Waals surface area contributed by atoms with Crippen LogP contribution >= 0.6 is 0 Å². The van der Waals surface area contributed by atoms with Gasteiger partial charge in [-0.05, 0) is 39.8 Å². The van der Waals surface area contributed by atoms with E-state index >= 15 is 0 Å². The molecule has 2 N–H and O–H groups in total. The average Bonchev–Trinajstić information content (AvgIpc) is 2.35. The zero-order valence-corrected chi connectivity index (χ0v) is 12.3. The fourth-order valence-corrected chi connectivity index (χ4v) is 1.55. The highest BCUT2D eigenvalue weighted by Crippen LogP contribution is 2.12. The van der Waals surface area contributed by atoms with Crippen molar-refractivity contribution >= 4 is 17.7 Å². The molecule has 20 heavy (non-hydrogen) atoms. The molecule has 0 radical (unpaired) electrons. The first-order valence-corrected chi connectivity index (χ1v) is 6.50. The zero-order chi connectivity index (χ0) is 15.2. The second-order valence-electron chi connectivity index (χ2n) is 5.27. The number of aromatic nitrogens is 1. The van der Waals surface area contributed by atoms with Crippen LogP contribution in [0.1, 0.15) is 38.1 Å². The monoisotopic (exact) mass is 279 g/mol. The molecule has 0 aliphatic heterocycles. The van der Waals surface area contributed by atoms with Crippen molar-refractivity contribution in [3.05, 3.63) is 23.9 Å². The van der Waals surface area contributed by atoms with Gasteiger partial charge >= 0.3 is 5.97 Å². The number of carbonyl (C=O) groups is 2. The number of esters is 1. The third-order valence-electron chi connectivity index (χ3n) is 2.23. The Bertz CT molecular complexity index is 481. The molecule has 110 valence electrons. The summed E-state index contributed by atoms with van der Waals surface area (Å²) < 4.78 is 4.94. The Labute approximate surface area is 118 Å². The van der Waals surface area contributed by atoms with Gasteiger partial charge in [-0.25, -0.2) is 9.78 Å². The third-order valence-corrected chi connectivity index (χ3v) is 2.23. The maximum atomic E-state index is 11.7. The van der Waals surface area contributed by atoms with Crippen molar-refractivity contribution < 1.29 is 14.3 Å². The zero-order valence-electron chi connectivity index (χ0n) is 12.3. The number of ether oxygens (including phenoxy) is 1. The van der Waals surface area contributed by atoms with Crippen LogP contribution in [0.15, 0.2) is 18.3 Å². The van der Waals surface area contributed by atoms with Gasteiger partial charge in [0.05, 0.1) is 13.2 Å². The van der Waals surface area contributed by atoms with E-state index < -0.39 is 5.97 Å². The summed E-state index contributed by atoms with van der Waals surface area (Å²) in [6.45, 7) is 7.76. The first-order valence-electron chi connectivity index (χ1n) is 6.50. The van der Waals surface area contributed by atoms with Gasteiger partial charge in [-0.2, -0.15) is 0 Å². The van der Waals surface area contributed by atoms with Gasteiger partial charge in [0.15, 0.2) is 0 Å². The Morgan fingerprint density at radius 1 is 1.35 bits per heavy atom. The summed E-state index contributed by atoms with van der Waals surface area (Å²) in [5.41, 5.74) is 0.0187. The van der Waals surface area contributed by atoms with Gasteiger partial charge in [-0.15, -0.1) is 0 Å². The molecule has 0 saturated heterocycles. The Kier molecular flexibility index (Phi) is 5.49. The van der Waals surface area contributed by atoms with E-state index in [4.69, 9.17) is 4.74 Å². The summed E-state index contributed by atoms with van der Waals surface area (Å²) in [6.07, 6.45) is 1.55. The van der Waals surface area contributed by atoms with E-state index in [1.165, 1.54) is 0 Å². The van der Waals surface area contributed by atoms with Crippen LogP contribution in [-0.2, 0) is 9.53 Å². The van der Waals surface area contributed by atoms with Crippen molar-refractivity contribution in [2.45, 2.75) is 33.2 Å². The molecule has 0 aromatic carbocycles. The largest absolute Gasteiger partial charge is 0.462 e. The summed E-state index contributed by atoms with van der Waals surface area (Å²) in [7, 11) is 0. The molecule has 0 fully saturated rings. The minimum Gasteiger partial charge on any atom is -0.462 e. The van der Waals surface area contributed by atoms with Crippen LogP contribution in [-0.4, -0.2) is 35.6 Å². The highest BCUT2D eigenvalue weighted by Gasteiger charge is 2.16. The molecule has 6 heteroatoms. The number of carbonyl (C=O) groups excluding carboxylic acids is 2. The maximum Gasteiger partial charge on any atom is 0.341 e. The van der Waals surface area contributed by atoms with Gasteiger partial charge in [0.25, 0.3) is 0 Å². The Morgan fingerprint density at radius 2 is 2.05 bits per heavy atom. The molecule has 0 saturated carbocycles. The standard InChI is InChI=1S/C14H21N3O3/c1-5-20-13(19)10-7-6-8-15-12(10)16-9-11(18)17-14(2,3)4/h6-8H,5,9H2,1-4H3,(H,15,16)(H,17,18). The van der Waals surface area contributed by atoms with Gasteiger partial charge in [-0.1, -0.05) is 0 Å². The van der Waals surface area contributed by atoms with Crippen molar-refractivity contribution in [3.8, 4) is 0 Å². The molecule has 0 spiro atoms. The summed E-state index contributed by atoms with van der Waals surface area (Å²) in [5.74, 6) is -0.285. The number of pyridine rings is 1. The lowest BCUT2D eigenvalue weighted by atomic mass is 10.1. The van der Waals surface area contributed by atoms with E-state index in [9.17, 15) is 9.59 Å². The van der Waals surface area contributed by atoms with Crippen molar-refractivity contribution in [1.29, 1.82) is 0 Å². The molecule has 1 amide bonds. The van der Waals surface area contributed by atoms with Crippen LogP contribution in [0.25, 0.3) is 0 Å². The molecule has 0 bridgehead atoms. The lowest BCUT2D eigenvalue weighted by molar-refractivity contribution is -0.120. The van der Waals surface area contributed by atoms with Crippen molar-refractivity contribution in [1.82, 2.24) is 10.3 Å². The molecule has 1 heterocycles. The van der Waals surface area contributed by atoms with Gasteiger partial charge in [0, 0.05) is 11.7 Å². The van der Waals surface area contributed by atoms with Crippen LogP contribution in [0.3, 0.4) is 0 Å². The normalized spacial score (nSPS) is 10.8. The molecule has 1 aromatic heterocycles. The molecule has 6 nitrogen and oxygen atoms in total. The van der Waals surface area contributed by atoms with Crippen LogP contribution in [0.4, 0.5) is 5.82 Å². The smallest absolute Gasteiger partial charge is 0.341 e. The van der Waals surface area contributed by atoms with E-state index in [0.717, 1.165) is 0 Å². The second-order valence-corrected chi connectivity index (χ2v) is 5.27. The predicted octanol–water partition coefficient (Wildman–Crippen LogP) is 1.58. The highest BCUT2D eigenvalue weighted by molar-refractivity contribution is 5.95. The van der Waals surface area contributed by atoms with Crippen molar-refractivity contribution in [3.63, 3.8) is 0 Å². The Hall–Kier alpha value is -2.11. The quantitative estimate of drug-likeness (QED) is 0.800. The minimum absolute atomic E-state index is 0.0423. The first-order chi connectivity index (χ1) is 9.33. The lowest BCUT2D eigenvalue weighted by Crippen LogP contribution is -2.43. The van der Waals surface area contributed by atoms with E-state index in [1.54, 1.807) is 25.3 Å². The van der Waals surface area contributed by atoms with Crippen LogP contribution in [0.2, 0.25) is 0 Å². The molecular weight excluding hydrogens is 258 g/mol. The Morgan fingerprint density at radius 3 is 2.65 bits per heavy atom. The summed E-state index contributed by atoms with van der Waals surface area (Å²) in [4.78, 5) is 27.5. The number of rotatable bonds is 5. The minimum atomic E-state index is -0.459. The predicted molar refractivity (Wildman–Crippen MR) is 76.6 cm³/mol. The Balaban J connectivity index is 2.69. The number of hydrogen-bond donors (Lipinski definition) is 2. The highest BCUT2D eigenvalue weighted by atomic mass is 16.5. The van der Waals surface area contributed by atoms with Gasteiger partial charge in [0.2, 0.25) is 5.91 Å². The first kappa shape index (κ1) is 15.9. The van der Waals surface area contributed by atoms with E-state index in [1.807, 2.05) is 20.8 Å². The van der Waals surface area contributed by atoms with Crippen LogP contribution in [0.5, 0.6) is 0 Å². The van der Waals surface area contributed by atoms with E-state index in [0.29, 0.717) is 11.4 Å². The molecular formula is C14H21N3O3. The number of nitrogens with one attached hydrogen (secondary N) is 2. The number of nitrogens with zero attached hydrogens (tertiary/aromatic N) is 1. The molecule has 0 atom stereocenters. The topological polar surface area (TPSA) is 80.3 Å². The lowest BCUT2D eigenvalue weighted by Gasteiger charge is -2.20. The van der Waals surface area contributed by atoms with E-state index in [2.05, 4.69) is 15.6 Å². The van der Waals surface area contributed by atoms with Gasteiger partial charge < -0.3 is 15.4 Å². The SMILES string of the molecule is CCOC(=O)c1cccnc1NCC(=O)NC(C)(C)C. The van der Waals surface area contributed by atoms with Gasteiger partial charge in [0.1, 0.15) is 11.4 Å². The molecule has 0 aliphatic rings. The maximum absolute atomic E-state index is 11.7. The van der Waals surface area contributed by atoms with Gasteiger partial charge in [-0.3, -0.25) is 4.79 Å². The fraction of sp³-hybridized carbons (Fsp3) is 0.500. The summed E-state index contributed by atoms with van der Waals surface area (Å²) in [6, 6.07) is 3.25. The van der Waals surface area contributed by atoms with Crippen molar-refractivity contribution in [2.75, 3.05) is 18.5 Å². The molecule has 1 aromatic rings. The van der Waals surface area contributed by atoms with Crippen molar-refractivity contribution in [2.24, 2.45) is 0 Å². The number of anilines is 1. The number of hydrogen-bond acceptors (Lipinski definition) is 5.